The molecule has 0 aromatic heterocycles. The third-order valence-corrected chi connectivity index (χ3v) is 18.8. The van der Waals surface area contributed by atoms with E-state index in [0.29, 0.717) is 0 Å². The fourth-order valence-electron chi connectivity index (χ4n) is 4.39. The van der Waals surface area contributed by atoms with Gasteiger partial charge in [-0.05, 0) is 36.1 Å². The number of nitrogens with zero attached hydrogens (tertiary/aromatic N) is 3. The number of anilines is 2. The molecule has 0 atom stereocenters. The third-order valence-electron chi connectivity index (χ3n) is 4.75. The molecule has 29 heavy (non-hydrogen) atoms. The first kappa shape index (κ1) is 28.1. The smallest absolute Gasteiger partial charge is 0.512 e. The Balaban J connectivity index is 0.00000420. The predicted octanol–water partition coefficient (Wildman–Crippen LogP) is 3.37. The van der Waals surface area contributed by atoms with Crippen LogP contribution < -0.4 is 60.5 Å². The van der Waals surface area contributed by atoms with Crippen LogP contribution in [0.2, 0.25) is 39.3 Å². The zero-order chi connectivity index (χ0) is 21.7. The topological polar surface area (TPSA) is 9.72 Å². The van der Waals surface area contributed by atoms with Crippen LogP contribution in [0.4, 0.5) is 11.4 Å². The molecule has 3 nitrogen and oxygen atoms in total. The summed E-state index contributed by atoms with van der Waals surface area (Å²) < 4.78 is 8.73. The summed E-state index contributed by atoms with van der Waals surface area (Å²) in [6.45, 7) is 31.8. The fourth-order valence-corrected chi connectivity index (χ4v) is 21.5. The number of para-hydroxylation sites is 2. The maximum Gasteiger partial charge on any atom is 1.00 e. The first-order valence-corrected chi connectivity index (χ1v) is 19.0. The van der Waals surface area contributed by atoms with Crippen molar-refractivity contribution in [1.82, 2.24) is 3.90 Å². The molecule has 0 spiro atoms. The van der Waals surface area contributed by atoms with Crippen molar-refractivity contribution in [3.63, 3.8) is 0 Å². The largest absolute Gasteiger partial charge is 1.00 e. The van der Waals surface area contributed by atoms with E-state index in [1.165, 1.54) is 11.4 Å². The maximum atomic E-state index is 3.09. The quantitative estimate of drug-likeness (QED) is 0.607. The summed E-state index contributed by atoms with van der Waals surface area (Å²) in [7, 11) is -4.05. The Morgan fingerprint density at radius 1 is 0.724 bits per heavy atom. The third kappa shape index (κ3) is 7.28. The van der Waals surface area contributed by atoms with Crippen molar-refractivity contribution < 1.29 is 51.4 Å². The molecule has 0 amide bonds. The fraction of sp³-hybridized carbons (Fsp3) is 0.727. The Kier molecular flexibility index (Phi) is 9.22. The molecule has 0 N–H and O–H groups in total. The van der Waals surface area contributed by atoms with Gasteiger partial charge in [-0.1, -0.05) is 93.0 Å². The Hall–Kier alpha value is 1.07. The van der Waals surface area contributed by atoms with E-state index in [4.69, 9.17) is 0 Å². The van der Waals surface area contributed by atoms with Crippen molar-refractivity contribution in [3.05, 3.63) is 24.3 Å². The number of fused-ring (bicyclic) bond motifs is 1. The van der Waals surface area contributed by atoms with Gasteiger partial charge in [-0.3, -0.25) is 0 Å². The zero-order valence-electron chi connectivity index (χ0n) is 21.6. The molecule has 0 saturated heterocycles. The molecule has 0 fully saturated rings. The molecule has 0 aliphatic carbocycles. The van der Waals surface area contributed by atoms with E-state index in [-0.39, 0.29) is 62.2 Å². The molecule has 1 aliphatic rings. The molecule has 1 aliphatic heterocycles. The second-order valence-corrected chi connectivity index (χ2v) is 25.8. The number of rotatable bonds is 5. The van der Waals surface area contributed by atoms with Crippen LogP contribution in [0.15, 0.2) is 24.3 Å². The predicted molar refractivity (Wildman–Crippen MR) is 134 cm³/mol. The normalized spacial score (nSPS) is 16.3. The van der Waals surface area contributed by atoms with E-state index in [0.717, 1.165) is 13.1 Å². The van der Waals surface area contributed by atoms with E-state index < -0.39 is 25.8 Å². The molecular weight excluding hydrogens is 430 g/mol. The van der Waals surface area contributed by atoms with Gasteiger partial charge in [-0.15, -0.1) is 0 Å². The van der Waals surface area contributed by atoms with E-state index in [1.807, 2.05) is 0 Å². The van der Waals surface area contributed by atoms with Crippen LogP contribution in [-0.2, 0) is 0 Å². The molecular formula is C22H44KN3Si3. The molecule has 7 heteroatoms. The molecule has 0 bridgehead atoms. The second kappa shape index (κ2) is 9.51. The SMILES string of the molecule is CC(C)(C)CN1c2ccccc2N(CC(C)(C)C)[Si-]1N([Si](C)(C)C)[Si](C)(C)C.[K+]. The van der Waals surface area contributed by atoms with Crippen LogP contribution in [0.3, 0.4) is 0 Å². The van der Waals surface area contributed by atoms with Crippen molar-refractivity contribution in [2.75, 3.05) is 22.2 Å². The zero-order valence-corrected chi connectivity index (χ0v) is 27.7. The number of hydrogen-bond acceptors (Lipinski definition) is 3. The summed E-state index contributed by atoms with van der Waals surface area (Å²) in [6.07, 6.45) is 0. The van der Waals surface area contributed by atoms with Gasteiger partial charge in [0, 0.05) is 20.7 Å². The van der Waals surface area contributed by atoms with E-state index in [2.05, 4.69) is 118 Å². The Labute approximate surface area is 228 Å². The van der Waals surface area contributed by atoms with Gasteiger partial charge in [0.15, 0.2) is 0 Å². The molecule has 2 rings (SSSR count). The van der Waals surface area contributed by atoms with Gasteiger partial charge in [0.25, 0.3) is 0 Å². The standard InChI is InChI=1S/C22H44N3Si3.K/c1-21(2,3)17-23-19-15-13-14-16-20(19)24(18-22(4,5)6)26(23)25(27(7,8)9)28(10,11)12;/h13-16H,17-18H2,1-12H3;/q-1;+1. The number of benzene rings is 1. The minimum absolute atomic E-state index is 0. The average Bonchev–Trinajstić information content (AvgIpc) is 2.68. The Bertz CT molecular complexity index is 627. The minimum Gasteiger partial charge on any atom is -0.512 e. The van der Waals surface area contributed by atoms with Crippen molar-refractivity contribution >= 4 is 37.1 Å². The number of hydrogen-bond donors (Lipinski definition) is 0. The molecule has 0 saturated carbocycles. The van der Waals surface area contributed by atoms with Crippen molar-refractivity contribution in [1.29, 1.82) is 0 Å². The van der Waals surface area contributed by atoms with Crippen molar-refractivity contribution in [2.24, 2.45) is 10.8 Å². The summed E-state index contributed by atoms with van der Waals surface area (Å²) in [6, 6.07) is 9.17. The van der Waals surface area contributed by atoms with E-state index in [1.54, 1.807) is 0 Å². The van der Waals surface area contributed by atoms with Crippen LogP contribution in [-0.4, -0.2) is 42.7 Å². The molecule has 1 heterocycles. The summed E-state index contributed by atoms with van der Waals surface area (Å²) in [4.78, 5) is 0. The molecule has 1 aromatic carbocycles. The average molecular weight is 474 g/mol. The van der Waals surface area contributed by atoms with Crippen LogP contribution >= 0.6 is 0 Å². The summed E-state index contributed by atoms with van der Waals surface area (Å²) in [5.74, 6) is 0. The van der Waals surface area contributed by atoms with Gasteiger partial charge in [0.2, 0.25) is 0 Å². The van der Waals surface area contributed by atoms with Crippen molar-refractivity contribution in [2.45, 2.75) is 80.8 Å². The van der Waals surface area contributed by atoms with E-state index in [9.17, 15) is 0 Å². The van der Waals surface area contributed by atoms with Gasteiger partial charge in [0.05, 0.1) is 16.5 Å². The Morgan fingerprint density at radius 3 is 1.28 bits per heavy atom. The van der Waals surface area contributed by atoms with Gasteiger partial charge >= 0.3 is 51.4 Å². The summed E-state index contributed by atoms with van der Waals surface area (Å²) in [5, 5.41) is 0. The van der Waals surface area contributed by atoms with E-state index >= 15 is 0 Å². The summed E-state index contributed by atoms with van der Waals surface area (Å²) >= 11 is 0. The van der Waals surface area contributed by atoms with Gasteiger partial charge in [-0.2, -0.15) is 0 Å². The monoisotopic (exact) mass is 473 g/mol. The molecule has 0 radical (unpaired) electrons. The minimum atomic E-state index is -1.50. The van der Waals surface area contributed by atoms with Gasteiger partial charge in [-0.25, -0.2) is 0 Å². The van der Waals surface area contributed by atoms with Gasteiger partial charge in [0.1, 0.15) is 0 Å². The summed E-state index contributed by atoms with van der Waals surface area (Å²) in [5.41, 5.74) is 3.45. The van der Waals surface area contributed by atoms with Crippen LogP contribution in [0.5, 0.6) is 0 Å². The molecule has 1 aromatic rings. The first-order chi connectivity index (χ1) is 12.4. The van der Waals surface area contributed by atoms with Crippen molar-refractivity contribution in [3.8, 4) is 0 Å². The maximum absolute atomic E-state index is 3.09. The van der Waals surface area contributed by atoms with Crippen LogP contribution in [0.25, 0.3) is 0 Å². The van der Waals surface area contributed by atoms with Crippen LogP contribution in [0, 0.1) is 10.8 Å². The molecule has 0 unspecified atom stereocenters. The second-order valence-electron chi connectivity index (χ2n) is 12.8. The van der Waals surface area contributed by atoms with Gasteiger partial charge < -0.3 is 13.0 Å². The molecule has 160 valence electrons. The Morgan fingerprint density at radius 2 is 1.03 bits per heavy atom. The first-order valence-electron chi connectivity index (χ1n) is 10.7. The van der Waals surface area contributed by atoms with Crippen LogP contribution in [0.1, 0.15) is 41.5 Å².